The third kappa shape index (κ3) is 4.05. The molecule has 0 aliphatic rings. The number of nitrogens with zero attached hydrogens (tertiary/aromatic N) is 2. The summed E-state index contributed by atoms with van der Waals surface area (Å²) in [6.07, 6.45) is 6.35. The first-order valence-electron chi connectivity index (χ1n) is 7.18. The lowest BCUT2D eigenvalue weighted by molar-refractivity contribution is -0.111. The van der Waals surface area contributed by atoms with Crippen LogP contribution in [0.4, 0.5) is 5.69 Å². The lowest BCUT2D eigenvalue weighted by Gasteiger charge is -2.09. The average molecular weight is 303 g/mol. The molecule has 0 aliphatic heterocycles. The Kier molecular flexibility index (Phi) is 5.48. The predicted octanol–water partition coefficient (Wildman–Crippen LogP) is 1.71. The molecule has 7 heteroatoms. The van der Waals surface area contributed by atoms with Crippen molar-refractivity contribution in [1.82, 2.24) is 20.3 Å². The molecular weight excluding hydrogens is 282 g/mol. The number of likely N-dealkylation sites (N-methyl/N-ethyl adjacent to an activating group) is 1. The molecule has 3 N–H and O–H groups in total. The van der Waals surface area contributed by atoms with Gasteiger partial charge in [-0.15, -0.1) is 0 Å². The van der Waals surface area contributed by atoms with Crippen LogP contribution >= 0.6 is 0 Å². The maximum atomic E-state index is 11.9. The van der Waals surface area contributed by atoms with Gasteiger partial charge in [-0.1, -0.05) is 19.9 Å². The zero-order chi connectivity index (χ0) is 15.9. The second-order valence-electron chi connectivity index (χ2n) is 5.26. The molecule has 0 saturated carbocycles. The van der Waals surface area contributed by atoms with Gasteiger partial charge in [0.1, 0.15) is 17.4 Å². The highest BCUT2D eigenvalue weighted by molar-refractivity contribution is 6.06. The van der Waals surface area contributed by atoms with Crippen LogP contribution < -0.4 is 15.4 Å². The van der Waals surface area contributed by atoms with Crippen LogP contribution in [-0.4, -0.2) is 41.1 Å². The number of anilines is 1. The fourth-order valence-corrected chi connectivity index (χ4v) is 1.85. The van der Waals surface area contributed by atoms with Gasteiger partial charge in [0, 0.05) is 18.8 Å². The Hall–Kier alpha value is -2.41. The number of fused-ring (bicyclic) bond motifs is 1. The summed E-state index contributed by atoms with van der Waals surface area (Å²) in [6, 6.07) is 0. The molecule has 0 saturated heterocycles. The second kappa shape index (κ2) is 7.56. The molecule has 0 aliphatic carbocycles. The van der Waals surface area contributed by atoms with Gasteiger partial charge in [0.15, 0.2) is 0 Å². The van der Waals surface area contributed by atoms with Crippen molar-refractivity contribution in [3.63, 3.8) is 0 Å². The van der Waals surface area contributed by atoms with E-state index in [-0.39, 0.29) is 5.91 Å². The van der Waals surface area contributed by atoms with Crippen molar-refractivity contribution in [3.05, 3.63) is 24.7 Å². The highest BCUT2D eigenvalue weighted by Gasteiger charge is 2.14. The van der Waals surface area contributed by atoms with E-state index < -0.39 is 0 Å². The first kappa shape index (κ1) is 16.0. The summed E-state index contributed by atoms with van der Waals surface area (Å²) in [5, 5.41) is 6.42. The van der Waals surface area contributed by atoms with E-state index in [1.807, 2.05) is 7.05 Å². The van der Waals surface area contributed by atoms with Gasteiger partial charge < -0.3 is 20.4 Å². The third-order valence-corrected chi connectivity index (χ3v) is 2.84. The molecule has 0 bridgehead atoms. The quantitative estimate of drug-likeness (QED) is 0.677. The molecule has 0 unspecified atom stereocenters. The van der Waals surface area contributed by atoms with Crippen LogP contribution in [0.25, 0.3) is 11.0 Å². The SMILES string of the molecule is CNC/C=C/C(=O)Nc1c[nH]c2ncnc(OCC(C)C)c12. The van der Waals surface area contributed by atoms with E-state index in [4.69, 9.17) is 4.74 Å². The average Bonchev–Trinajstić information content (AvgIpc) is 2.89. The van der Waals surface area contributed by atoms with Crippen LogP contribution in [0.1, 0.15) is 13.8 Å². The maximum Gasteiger partial charge on any atom is 0.248 e. The summed E-state index contributed by atoms with van der Waals surface area (Å²) in [7, 11) is 1.82. The zero-order valence-corrected chi connectivity index (χ0v) is 13.0. The molecule has 0 atom stereocenters. The normalized spacial score (nSPS) is 11.5. The van der Waals surface area contributed by atoms with Crippen molar-refractivity contribution >= 4 is 22.6 Å². The first-order valence-corrected chi connectivity index (χ1v) is 7.18. The summed E-state index contributed by atoms with van der Waals surface area (Å²) in [6.45, 7) is 5.30. The van der Waals surface area contributed by atoms with Crippen LogP contribution in [0.3, 0.4) is 0 Å². The summed E-state index contributed by atoms with van der Waals surface area (Å²) in [5.74, 6) is 0.635. The molecule has 0 radical (unpaired) electrons. The van der Waals surface area contributed by atoms with Gasteiger partial charge in [0.05, 0.1) is 12.3 Å². The summed E-state index contributed by atoms with van der Waals surface area (Å²) >= 11 is 0. The Morgan fingerprint density at radius 3 is 3.00 bits per heavy atom. The number of ether oxygens (including phenoxy) is 1. The Morgan fingerprint density at radius 1 is 1.45 bits per heavy atom. The smallest absolute Gasteiger partial charge is 0.248 e. The Morgan fingerprint density at radius 2 is 2.27 bits per heavy atom. The van der Waals surface area contributed by atoms with Crippen LogP contribution in [-0.2, 0) is 4.79 Å². The number of rotatable bonds is 7. The number of nitrogens with one attached hydrogen (secondary N) is 3. The van der Waals surface area contributed by atoms with Gasteiger partial charge in [-0.05, 0) is 13.0 Å². The van der Waals surface area contributed by atoms with Crippen molar-refractivity contribution in [2.45, 2.75) is 13.8 Å². The van der Waals surface area contributed by atoms with E-state index in [9.17, 15) is 4.79 Å². The van der Waals surface area contributed by atoms with E-state index in [1.54, 1.807) is 12.3 Å². The van der Waals surface area contributed by atoms with Gasteiger partial charge >= 0.3 is 0 Å². The molecule has 2 aromatic rings. The van der Waals surface area contributed by atoms with E-state index in [2.05, 4.69) is 39.4 Å². The van der Waals surface area contributed by atoms with E-state index in [0.717, 1.165) is 0 Å². The minimum Gasteiger partial charge on any atom is -0.477 e. The molecule has 0 fully saturated rings. The lowest BCUT2D eigenvalue weighted by Crippen LogP contribution is -2.11. The van der Waals surface area contributed by atoms with E-state index >= 15 is 0 Å². The number of carbonyl (C=O) groups is 1. The number of amides is 1. The minimum atomic E-state index is -0.213. The standard InChI is InChI=1S/C15H21N5O2/c1-10(2)8-22-15-13-11(7-17-14(13)18-9-19-15)20-12(21)5-4-6-16-3/h4-5,7,9-10,16H,6,8H2,1-3H3,(H,20,21)(H,17,18,19)/b5-4+. The van der Waals surface area contributed by atoms with Crippen LogP contribution in [0.15, 0.2) is 24.7 Å². The summed E-state index contributed by atoms with van der Waals surface area (Å²) < 4.78 is 5.71. The minimum absolute atomic E-state index is 0.213. The van der Waals surface area contributed by atoms with Gasteiger partial charge in [-0.3, -0.25) is 4.79 Å². The lowest BCUT2D eigenvalue weighted by atomic mass is 10.2. The largest absolute Gasteiger partial charge is 0.477 e. The Bertz CT molecular complexity index is 663. The highest BCUT2D eigenvalue weighted by atomic mass is 16.5. The topological polar surface area (TPSA) is 91.9 Å². The Labute approximate surface area is 129 Å². The van der Waals surface area contributed by atoms with Gasteiger partial charge in [-0.2, -0.15) is 0 Å². The van der Waals surface area contributed by atoms with Crippen LogP contribution in [0.2, 0.25) is 0 Å². The monoisotopic (exact) mass is 303 g/mol. The molecule has 1 amide bonds. The fourth-order valence-electron chi connectivity index (χ4n) is 1.85. The fraction of sp³-hybridized carbons (Fsp3) is 0.400. The van der Waals surface area contributed by atoms with Crippen LogP contribution in [0, 0.1) is 5.92 Å². The predicted molar refractivity (Wildman–Crippen MR) is 85.9 cm³/mol. The molecule has 2 rings (SSSR count). The number of H-pyrrole nitrogens is 1. The number of aromatic nitrogens is 3. The number of hydrogen-bond donors (Lipinski definition) is 3. The summed E-state index contributed by atoms with van der Waals surface area (Å²) in [4.78, 5) is 23.2. The van der Waals surface area contributed by atoms with Crippen molar-refractivity contribution in [2.75, 3.05) is 25.5 Å². The summed E-state index contributed by atoms with van der Waals surface area (Å²) in [5.41, 5.74) is 1.23. The van der Waals surface area contributed by atoms with Crippen molar-refractivity contribution in [1.29, 1.82) is 0 Å². The van der Waals surface area contributed by atoms with Crippen molar-refractivity contribution in [2.24, 2.45) is 5.92 Å². The molecule has 22 heavy (non-hydrogen) atoms. The molecule has 0 aromatic carbocycles. The van der Waals surface area contributed by atoms with E-state index in [0.29, 0.717) is 41.7 Å². The first-order chi connectivity index (χ1) is 10.6. The highest BCUT2D eigenvalue weighted by Crippen LogP contribution is 2.29. The molecule has 7 nitrogen and oxygen atoms in total. The molecule has 2 aromatic heterocycles. The van der Waals surface area contributed by atoms with Gasteiger partial charge in [0.25, 0.3) is 0 Å². The van der Waals surface area contributed by atoms with E-state index in [1.165, 1.54) is 12.4 Å². The second-order valence-corrected chi connectivity index (χ2v) is 5.26. The van der Waals surface area contributed by atoms with Gasteiger partial charge in [-0.25, -0.2) is 9.97 Å². The number of aromatic amines is 1. The maximum absolute atomic E-state index is 11.9. The molecular formula is C15H21N5O2. The molecule has 118 valence electrons. The van der Waals surface area contributed by atoms with Crippen molar-refractivity contribution < 1.29 is 9.53 Å². The number of hydrogen-bond acceptors (Lipinski definition) is 5. The Balaban J connectivity index is 2.21. The number of carbonyl (C=O) groups excluding carboxylic acids is 1. The zero-order valence-electron chi connectivity index (χ0n) is 13.0. The van der Waals surface area contributed by atoms with Gasteiger partial charge in [0.2, 0.25) is 11.8 Å². The van der Waals surface area contributed by atoms with Crippen LogP contribution in [0.5, 0.6) is 5.88 Å². The molecule has 2 heterocycles. The van der Waals surface area contributed by atoms with Crippen molar-refractivity contribution in [3.8, 4) is 5.88 Å². The molecule has 0 spiro atoms. The third-order valence-electron chi connectivity index (χ3n) is 2.84.